The number of halogens is 3. The number of hydrogen-bond acceptors (Lipinski definition) is 1. The normalized spacial score (nSPS) is 9.90. The number of hydrogen-bond donors (Lipinski definition) is 0. The van der Waals surface area contributed by atoms with Crippen molar-refractivity contribution < 1.29 is 0 Å². The Labute approximate surface area is 82.9 Å². The molecule has 54 valence electrons. The fraction of sp³-hybridized carbons (Fsp3) is 0.167. The molecule has 0 bridgehead atoms. The van der Waals surface area contributed by atoms with Crippen molar-refractivity contribution in [2.75, 3.05) is 0 Å². The first-order valence-electron chi connectivity index (χ1n) is 2.60. The Balaban J connectivity index is 3.07. The molecule has 0 aliphatic carbocycles. The third-order valence-electron chi connectivity index (χ3n) is 1.01. The highest BCUT2D eigenvalue weighted by atomic mass is 127. The Morgan fingerprint density at radius 1 is 1.60 bits per heavy atom. The maximum Gasteiger partial charge on any atom is 0.0738 e. The van der Waals surface area contributed by atoms with Crippen LogP contribution in [0.5, 0.6) is 0 Å². The Kier molecular flexibility index (Phi) is 3.20. The van der Waals surface area contributed by atoms with E-state index in [0.717, 1.165) is 9.26 Å². The van der Waals surface area contributed by atoms with Gasteiger partial charge in [0.25, 0.3) is 0 Å². The third kappa shape index (κ3) is 1.97. The zero-order valence-electron chi connectivity index (χ0n) is 4.94. The molecule has 0 aliphatic rings. The van der Waals surface area contributed by atoms with Gasteiger partial charge in [0.2, 0.25) is 0 Å². The summed E-state index contributed by atoms with van der Waals surface area (Å²) in [4.78, 5) is 4.02. The van der Waals surface area contributed by atoms with Crippen molar-refractivity contribution in [2.45, 2.75) is 5.88 Å². The van der Waals surface area contributed by atoms with E-state index in [-0.39, 0.29) is 0 Å². The molecule has 0 amide bonds. The summed E-state index contributed by atoms with van der Waals surface area (Å²) in [5.41, 5.74) is 0.740. The summed E-state index contributed by atoms with van der Waals surface area (Å²) in [7, 11) is 0. The lowest BCUT2D eigenvalue weighted by atomic mass is 10.4. The SMILES string of the molecule is ClCc1ncc(I)cc1Cl. The van der Waals surface area contributed by atoms with Crippen molar-refractivity contribution in [1.29, 1.82) is 0 Å². The lowest BCUT2D eigenvalue weighted by Gasteiger charge is -1.97. The number of aromatic nitrogens is 1. The van der Waals surface area contributed by atoms with Crippen LogP contribution in [-0.4, -0.2) is 4.98 Å². The molecule has 1 nitrogen and oxygen atoms in total. The molecule has 0 N–H and O–H groups in total. The molecule has 4 heteroatoms. The molecule has 0 spiro atoms. The summed E-state index contributed by atoms with van der Waals surface area (Å²) in [5.74, 6) is 0.371. The van der Waals surface area contributed by atoms with Gasteiger partial charge in [-0.05, 0) is 28.7 Å². The van der Waals surface area contributed by atoms with Gasteiger partial charge in [-0.25, -0.2) is 0 Å². The van der Waals surface area contributed by atoms with E-state index in [9.17, 15) is 0 Å². The summed E-state index contributed by atoms with van der Waals surface area (Å²) >= 11 is 13.5. The van der Waals surface area contributed by atoms with E-state index in [1.807, 2.05) is 6.07 Å². The fourth-order valence-corrected chi connectivity index (χ4v) is 1.69. The Morgan fingerprint density at radius 3 is 2.80 bits per heavy atom. The Hall–Kier alpha value is 0.460. The van der Waals surface area contributed by atoms with Crippen LogP contribution in [0.15, 0.2) is 12.3 Å². The molecule has 0 fully saturated rings. The van der Waals surface area contributed by atoms with E-state index in [1.54, 1.807) is 6.20 Å². The molecule has 1 rings (SSSR count). The smallest absolute Gasteiger partial charge is 0.0738 e. The van der Waals surface area contributed by atoms with E-state index < -0.39 is 0 Å². The van der Waals surface area contributed by atoms with Gasteiger partial charge in [0.15, 0.2) is 0 Å². The molecule has 0 aliphatic heterocycles. The second-order valence-electron chi connectivity index (χ2n) is 1.72. The van der Waals surface area contributed by atoms with Gasteiger partial charge in [-0.2, -0.15) is 0 Å². The second kappa shape index (κ2) is 3.74. The minimum Gasteiger partial charge on any atom is -0.257 e. The predicted octanol–water partition coefficient (Wildman–Crippen LogP) is 3.08. The number of pyridine rings is 1. The monoisotopic (exact) mass is 287 g/mol. The van der Waals surface area contributed by atoms with Crippen LogP contribution in [-0.2, 0) is 5.88 Å². The average molecular weight is 288 g/mol. The second-order valence-corrected chi connectivity index (χ2v) is 3.64. The van der Waals surface area contributed by atoms with E-state index in [4.69, 9.17) is 23.2 Å². The van der Waals surface area contributed by atoms with Crippen LogP contribution in [0.3, 0.4) is 0 Å². The number of alkyl halides is 1. The van der Waals surface area contributed by atoms with Crippen LogP contribution in [0.2, 0.25) is 5.02 Å². The van der Waals surface area contributed by atoms with E-state index in [2.05, 4.69) is 27.6 Å². The first-order chi connectivity index (χ1) is 4.74. The fourth-order valence-electron chi connectivity index (χ4n) is 0.541. The van der Waals surface area contributed by atoms with Gasteiger partial charge in [-0.15, -0.1) is 11.6 Å². The average Bonchev–Trinajstić information content (AvgIpc) is 1.88. The van der Waals surface area contributed by atoms with Gasteiger partial charge < -0.3 is 0 Å². The predicted molar refractivity (Wildman–Crippen MR) is 51.5 cm³/mol. The highest BCUT2D eigenvalue weighted by Crippen LogP contribution is 2.17. The zero-order chi connectivity index (χ0) is 7.56. The molecule has 1 aromatic heterocycles. The van der Waals surface area contributed by atoms with E-state index in [0.29, 0.717) is 10.9 Å². The molecule has 0 saturated carbocycles. The Morgan fingerprint density at radius 2 is 2.30 bits per heavy atom. The standard InChI is InChI=1S/C6H4Cl2IN/c7-2-6-5(8)1-4(9)3-10-6/h1,3H,2H2. The van der Waals surface area contributed by atoms with Crippen LogP contribution in [0.25, 0.3) is 0 Å². The highest BCUT2D eigenvalue weighted by molar-refractivity contribution is 14.1. The van der Waals surface area contributed by atoms with Gasteiger partial charge >= 0.3 is 0 Å². The lowest BCUT2D eigenvalue weighted by Crippen LogP contribution is -1.86. The maximum atomic E-state index is 5.78. The molecule has 0 atom stereocenters. The van der Waals surface area contributed by atoms with Crippen molar-refractivity contribution in [3.8, 4) is 0 Å². The third-order valence-corrected chi connectivity index (χ3v) is 2.18. The van der Waals surface area contributed by atoms with Gasteiger partial charge in [0, 0.05) is 9.77 Å². The first kappa shape index (κ1) is 8.56. The van der Waals surface area contributed by atoms with Gasteiger partial charge in [-0.1, -0.05) is 11.6 Å². The van der Waals surface area contributed by atoms with Gasteiger partial charge in [0.05, 0.1) is 16.6 Å². The highest BCUT2D eigenvalue weighted by Gasteiger charge is 1.99. The summed E-state index contributed by atoms with van der Waals surface area (Å²) in [6.07, 6.45) is 1.74. The number of nitrogens with zero attached hydrogens (tertiary/aromatic N) is 1. The molecule has 1 heterocycles. The van der Waals surface area contributed by atoms with Crippen LogP contribution >= 0.6 is 45.8 Å². The minimum atomic E-state index is 0.371. The van der Waals surface area contributed by atoms with Crippen molar-refractivity contribution in [2.24, 2.45) is 0 Å². The van der Waals surface area contributed by atoms with E-state index >= 15 is 0 Å². The minimum absolute atomic E-state index is 0.371. The summed E-state index contributed by atoms with van der Waals surface area (Å²) in [6.45, 7) is 0. The van der Waals surface area contributed by atoms with Crippen molar-refractivity contribution in [1.82, 2.24) is 4.98 Å². The van der Waals surface area contributed by atoms with Gasteiger partial charge in [0.1, 0.15) is 0 Å². The summed E-state index contributed by atoms with van der Waals surface area (Å²) < 4.78 is 1.02. The maximum absolute atomic E-state index is 5.78. The topological polar surface area (TPSA) is 12.9 Å². The molecular formula is C6H4Cl2IN. The molecule has 0 saturated heterocycles. The van der Waals surface area contributed by atoms with Crippen LogP contribution in [0.1, 0.15) is 5.69 Å². The molecule has 0 aromatic carbocycles. The largest absolute Gasteiger partial charge is 0.257 e. The molecule has 1 aromatic rings. The number of rotatable bonds is 1. The van der Waals surface area contributed by atoms with Crippen molar-refractivity contribution in [3.63, 3.8) is 0 Å². The summed E-state index contributed by atoms with van der Waals surface area (Å²) in [6, 6.07) is 1.84. The molecule has 10 heavy (non-hydrogen) atoms. The molecular weight excluding hydrogens is 284 g/mol. The first-order valence-corrected chi connectivity index (χ1v) is 4.59. The van der Waals surface area contributed by atoms with E-state index in [1.165, 1.54) is 0 Å². The van der Waals surface area contributed by atoms with Crippen LogP contribution in [0, 0.1) is 3.57 Å². The Bertz CT molecular complexity index is 239. The quantitative estimate of drug-likeness (QED) is 0.571. The van der Waals surface area contributed by atoms with Crippen LogP contribution in [0.4, 0.5) is 0 Å². The lowest BCUT2D eigenvalue weighted by molar-refractivity contribution is 1.16. The van der Waals surface area contributed by atoms with Gasteiger partial charge in [-0.3, -0.25) is 4.98 Å². The van der Waals surface area contributed by atoms with Crippen LogP contribution < -0.4 is 0 Å². The van der Waals surface area contributed by atoms with Crippen molar-refractivity contribution in [3.05, 3.63) is 26.5 Å². The molecule has 0 radical (unpaired) electrons. The van der Waals surface area contributed by atoms with Crippen molar-refractivity contribution >= 4 is 45.8 Å². The summed E-state index contributed by atoms with van der Waals surface area (Å²) in [5, 5.41) is 0.641. The zero-order valence-corrected chi connectivity index (χ0v) is 8.61. The molecule has 0 unspecified atom stereocenters.